The largest absolute Gasteiger partial charge is 0.462 e. The second-order valence-corrected chi connectivity index (χ2v) is 23.1. The van der Waals surface area contributed by atoms with E-state index in [1.807, 2.05) is 0 Å². The van der Waals surface area contributed by atoms with Crippen molar-refractivity contribution in [2.24, 2.45) is 0 Å². The van der Waals surface area contributed by atoms with Crippen LogP contribution in [0.3, 0.4) is 0 Å². The summed E-state index contributed by atoms with van der Waals surface area (Å²) in [4.78, 5) is 38.4. The molecule has 0 spiro atoms. The first-order valence-electron chi connectivity index (χ1n) is 34.9. The molecule has 0 radical (unpaired) electrons. The van der Waals surface area contributed by atoms with E-state index in [1.54, 1.807) is 0 Å². The molecule has 6 nitrogen and oxygen atoms in total. The highest BCUT2D eigenvalue weighted by Gasteiger charge is 2.19. The molecule has 0 saturated heterocycles. The zero-order valence-corrected chi connectivity index (χ0v) is 54.0. The number of rotatable bonds is 63. The number of hydrogen-bond acceptors (Lipinski definition) is 6. The van der Waals surface area contributed by atoms with Gasteiger partial charge in [0.2, 0.25) is 0 Å². The number of unbranched alkanes of at least 4 members (excludes halogenated alkanes) is 34. The Morgan fingerprint density at radius 1 is 0.256 bits per heavy atom. The molecule has 0 heterocycles. The number of carbonyl (C=O) groups excluding carboxylic acids is 3. The lowest BCUT2D eigenvalue weighted by Crippen LogP contribution is -2.30. The van der Waals surface area contributed by atoms with Gasteiger partial charge in [0.1, 0.15) is 13.2 Å². The number of allylic oxidation sites excluding steroid dienone is 18. The van der Waals surface area contributed by atoms with Crippen molar-refractivity contribution in [2.45, 2.75) is 341 Å². The Labute approximate surface area is 508 Å². The molecular weight excluding hydrogens is 1010 g/mol. The number of esters is 3. The van der Waals surface area contributed by atoms with Crippen LogP contribution in [0.15, 0.2) is 109 Å². The maximum atomic E-state index is 12.9. The summed E-state index contributed by atoms with van der Waals surface area (Å²) < 4.78 is 16.9. The Morgan fingerprint density at radius 3 is 0.780 bits per heavy atom. The molecule has 0 rings (SSSR count). The molecule has 0 fully saturated rings. The van der Waals surface area contributed by atoms with Gasteiger partial charge in [-0.25, -0.2) is 0 Å². The van der Waals surface area contributed by atoms with Crippen LogP contribution in [0, 0.1) is 0 Å². The van der Waals surface area contributed by atoms with Crippen LogP contribution in [-0.2, 0) is 28.6 Å². The van der Waals surface area contributed by atoms with Crippen molar-refractivity contribution in [3.05, 3.63) is 109 Å². The van der Waals surface area contributed by atoms with Crippen molar-refractivity contribution in [1.29, 1.82) is 0 Å². The molecule has 470 valence electrons. The lowest BCUT2D eigenvalue weighted by molar-refractivity contribution is -0.167. The van der Waals surface area contributed by atoms with Gasteiger partial charge >= 0.3 is 17.9 Å². The molecule has 1 unspecified atom stereocenters. The van der Waals surface area contributed by atoms with Gasteiger partial charge in [-0.15, -0.1) is 0 Å². The summed E-state index contributed by atoms with van der Waals surface area (Å²) in [5.74, 6) is -0.906. The second-order valence-electron chi connectivity index (χ2n) is 23.1. The van der Waals surface area contributed by atoms with Crippen LogP contribution in [0.4, 0.5) is 0 Å². The first kappa shape index (κ1) is 78.1. The highest BCUT2D eigenvalue weighted by atomic mass is 16.6. The van der Waals surface area contributed by atoms with Gasteiger partial charge in [0.15, 0.2) is 6.10 Å². The fourth-order valence-electron chi connectivity index (χ4n) is 9.75. The van der Waals surface area contributed by atoms with E-state index in [9.17, 15) is 14.4 Å². The molecule has 0 aliphatic carbocycles. The van der Waals surface area contributed by atoms with E-state index in [0.717, 1.165) is 135 Å². The average Bonchev–Trinajstić information content (AvgIpc) is 3.47. The summed E-state index contributed by atoms with van der Waals surface area (Å²) in [7, 11) is 0. The third-order valence-corrected chi connectivity index (χ3v) is 15.0. The smallest absolute Gasteiger partial charge is 0.306 e. The summed E-state index contributed by atoms with van der Waals surface area (Å²) in [5, 5.41) is 0. The molecule has 0 aromatic rings. The lowest BCUT2D eigenvalue weighted by Gasteiger charge is -2.18. The predicted molar refractivity (Wildman–Crippen MR) is 357 cm³/mol. The molecule has 0 aliphatic heterocycles. The molecule has 0 saturated carbocycles. The van der Waals surface area contributed by atoms with E-state index >= 15 is 0 Å². The third kappa shape index (κ3) is 66.9. The van der Waals surface area contributed by atoms with Crippen molar-refractivity contribution in [3.8, 4) is 0 Å². The Balaban J connectivity index is 4.26. The molecule has 0 aliphatic rings. The Hall–Kier alpha value is -3.93. The summed E-state index contributed by atoms with van der Waals surface area (Å²) in [6.07, 6.45) is 95.4. The summed E-state index contributed by atoms with van der Waals surface area (Å²) in [6.45, 7) is 6.48. The molecule has 1 atom stereocenters. The number of ether oxygens (including phenoxy) is 3. The minimum Gasteiger partial charge on any atom is -0.462 e. The van der Waals surface area contributed by atoms with E-state index in [1.165, 1.54) is 161 Å². The fourth-order valence-corrected chi connectivity index (χ4v) is 9.75. The van der Waals surface area contributed by atoms with Gasteiger partial charge in [0.25, 0.3) is 0 Å². The maximum absolute atomic E-state index is 12.9. The Kier molecular flexibility index (Phi) is 66.2. The van der Waals surface area contributed by atoms with Crippen LogP contribution in [0.25, 0.3) is 0 Å². The maximum Gasteiger partial charge on any atom is 0.306 e. The van der Waals surface area contributed by atoms with Crippen LogP contribution >= 0.6 is 0 Å². The SMILES string of the molecule is CC/C=C\C/C=C\C/C=C\C/C=C\CCCCCCCCC(=O)OC(COC(=O)CCCCCCC/C=C\C/C=C\CCCC)COC(=O)CCCCCCCCCCCCCCCCCC/C=C\C/C=C\C/C=C\CCCCCCC. The zero-order chi connectivity index (χ0) is 59.2. The van der Waals surface area contributed by atoms with Crippen LogP contribution in [0.2, 0.25) is 0 Å². The minimum atomic E-state index is -0.794. The molecule has 6 heteroatoms. The van der Waals surface area contributed by atoms with Gasteiger partial charge in [-0.2, -0.15) is 0 Å². The summed E-state index contributed by atoms with van der Waals surface area (Å²) in [5.41, 5.74) is 0. The molecule has 82 heavy (non-hydrogen) atoms. The first-order valence-corrected chi connectivity index (χ1v) is 34.9. The van der Waals surface area contributed by atoms with Crippen LogP contribution in [0.5, 0.6) is 0 Å². The second kappa shape index (κ2) is 69.6. The normalized spacial score (nSPS) is 12.8. The average molecular weight is 1140 g/mol. The first-order chi connectivity index (χ1) is 40.5. The molecule has 0 aromatic heterocycles. The van der Waals surface area contributed by atoms with Gasteiger partial charge in [0.05, 0.1) is 0 Å². The minimum absolute atomic E-state index is 0.0878. The lowest BCUT2D eigenvalue weighted by atomic mass is 10.0. The van der Waals surface area contributed by atoms with Crippen molar-refractivity contribution in [2.75, 3.05) is 13.2 Å². The quantitative estimate of drug-likeness (QED) is 0.0261. The predicted octanol–water partition coefficient (Wildman–Crippen LogP) is 24.2. The fraction of sp³-hybridized carbons (Fsp3) is 0.724. The van der Waals surface area contributed by atoms with Gasteiger partial charge < -0.3 is 14.2 Å². The monoisotopic (exact) mass is 1140 g/mol. The zero-order valence-electron chi connectivity index (χ0n) is 54.0. The molecule has 0 aromatic carbocycles. The Bertz CT molecular complexity index is 1640. The van der Waals surface area contributed by atoms with Crippen molar-refractivity contribution < 1.29 is 28.6 Å². The van der Waals surface area contributed by atoms with Gasteiger partial charge in [0, 0.05) is 19.3 Å². The van der Waals surface area contributed by atoms with E-state index in [-0.39, 0.29) is 31.1 Å². The van der Waals surface area contributed by atoms with Crippen LogP contribution in [0.1, 0.15) is 335 Å². The van der Waals surface area contributed by atoms with Gasteiger partial charge in [-0.3, -0.25) is 14.4 Å². The van der Waals surface area contributed by atoms with E-state index in [2.05, 4.69) is 130 Å². The molecular formula is C76H130O6. The van der Waals surface area contributed by atoms with E-state index in [4.69, 9.17) is 14.2 Å². The molecule has 0 amide bonds. The summed E-state index contributed by atoms with van der Waals surface area (Å²) >= 11 is 0. The van der Waals surface area contributed by atoms with Crippen LogP contribution < -0.4 is 0 Å². The van der Waals surface area contributed by atoms with E-state index in [0.29, 0.717) is 19.3 Å². The van der Waals surface area contributed by atoms with Crippen molar-refractivity contribution in [3.63, 3.8) is 0 Å². The van der Waals surface area contributed by atoms with Crippen LogP contribution in [-0.4, -0.2) is 37.2 Å². The number of carbonyl (C=O) groups is 3. The Morgan fingerprint density at radius 2 is 0.488 bits per heavy atom. The van der Waals surface area contributed by atoms with Crippen molar-refractivity contribution in [1.82, 2.24) is 0 Å². The van der Waals surface area contributed by atoms with E-state index < -0.39 is 6.10 Å². The highest BCUT2D eigenvalue weighted by molar-refractivity contribution is 5.71. The third-order valence-electron chi connectivity index (χ3n) is 15.0. The van der Waals surface area contributed by atoms with Gasteiger partial charge in [-0.05, 0) is 122 Å². The topological polar surface area (TPSA) is 78.9 Å². The number of hydrogen-bond donors (Lipinski definition) is 0. The summed E-state index contributed by atoms with van der Waals surface area (Å²) in [6, 6.07) is 0. The van der Waals surface area contributed by atoms with Crippen molar-refractivity contribution >= 4 is 17.9 Å². The standard InChI is InChI=1S/C76H130O6/c1-4-7-10-13-16-19-22-25-28-30-32-33-34-35-36-37-38-39-40-41-42-43-45-46-48-51-54-57-60-63-66-69-75(78)81-72-73(71-80-74(77)68-65-62-59-56-53-50-27-24-21-18-15-12-9-6-3)82-76(79)70-67-64-61-58-55-52-49-47-44-31-29-26-23-20-17-14-11-8-5-2/h8,11,15,17-18,20,22,24-27,29-30,32,34-35,44,47,73H,4-7,9-10,12-14,16,19,21,23,28,31,33,36-43,45-46,48-72H2,1-3H3/b11-8-,18-15-,20-17-,25-22-,27-24-,29-26-,32-30-,35-34-,47-44-. The highest BCUT2D eigenvalue weighted by Crippen LogP contribution is 2.17. The van der Waals surface area contributed by atoms with Gasteiger partial charge in [-0.1, -0.05) is 304 Å². The molecule has 0 N–H and O–H groups in total. The molecule has 0 bridgehead atoms.